The van der Waals surface area contributed by atoms with Crippen molar-refractivity contribution in [2.45, 2.75) is 24.0 Å². The van der Waals surface area contributed by atoms with Gasteiger partial charge >= 0.3 is 5.97 Å². The van der Waals surface area contributed by atoms with Crippen molar-refractivity contribution in [2.75, 3.05) is 28.1 Å². The van der Waals surface area contributed by atoms with Gasteiger partial charge in [-0.3, -0.25) is 4.79 Å². The van der Waals surface area contributed by atoms with Gasteiger partial charge in [-0.05, 0) is 31.2 Å². The van der Waals surface area contributed by atoms with Crippen LogP contribution in [-0.2, 0) is 29.0 Å². The van der Waals surface area contributed by atoms with Gasteiger partial charge in [-0.25, -0.2) is 12.8 Å². The number of rotatable bonds is 8. The summed E-state index contributed by atoms with van der Waals surface area (Å²) in [6, 6.07) is 3.08. The third-order valence-corrected chi connectivity index (χ3v) is 5.07. The Balaban J connectivity index is 3.14. The second-order valence-electron chi connectivity index (χ2n) is 4.72. The molecule has 0 bridgehead atoms. The predicted octanol–water partition coefficient (Wildman–Crippen LogP) is 0.997. The number of carbonyl (C=O) groups excluding carboxylic acids is 1. The SMILES string of the molecule is COCO[C@@H](C)C(C(=O)OC)N(C)S(=O)(=O)c1ccc(F)cc1. The van der Waals surface area contributed by atoms with E-state index in [0.29, 0.717) is 0 Å². The number of benzene rings is 1. The highest BCUT2D eigenvalue weighted by Crippen LogP contribution is 2.20. The molecule has 0 aliphatic rings. The first kappa shape index (κ1) is 19.5. The van der Waals surface area contributed by atoms with E-state index in [9.17, 15) is 17.6 Å². The van der Waals surface area contributed by atoms with Crippen LogP contribution in [-0.4, -0.2) is 58.9 Å². The van der Waals surface area contributed by atoms with E-state index in [1.54, 1.807) is 0 Å². The summed E-state index contributed by atoms with van der Waals surface area (Å²) in [5, 5.41) is 0. The summed E-state index contributed by atoms with van der Waals surface area (Å²) in [6.07, 6.45) is -0.817. The van der Waals surface area contributed by atoms with Crippen LogP contribution in [0.2, 0.25) is 0 Å². The Kier molecular flexibility index (Phi) is 7.07. The molecule has 0 amide bonds. The second kappa shape index (κ2) is 8.34. The van der Waals surface area contributed by atoms with Crippen molar-refractivity contribution in [3.05, 3.63) is 30.1 Å². The number of ether oxygens (including phenoxy) is 3. The molecule has 0 saturated carbocycles. The normalized spacial score (nSPS) is 14.5. The van der Waals surface area contributed by atoms with Crippen LogP contribution in [0.25, 0.3) is 0 Å². The summed E-state index contributed by atoms with van der Waals surface area (Å²) in [7, 11) is -0.255. The van der Waals surface area contributed by atoms with Crippen molar-refractivity contribution < 1.29 is 31.8 Å². The number of hydrogen-bond donors (Lipinski definition) is 0. The van der Waals surface area contributed by atoms with Gasteiger partial charge in [-0.1, -0.05) is 0 Å². The quantitative estimate of drug-likeness (QED) is 0.514. The summed E-state index contributed by atoms with van der Waals surface area (Å²) in [5.41, 5.74) is 0. The standard InChI is InChI=1S/C14H20FNO6S/c1-10(22-9-20-3)13(14(17)21-4)16(2)23(18,19)12-7-5-11(15)6-8-12/h5-8,10,13H,9H2,1-4H3/t10-,13?/m0/s1. The molecular weight excluding hydrogens is 329 g/mol. The summed E-state index contributed by atoms with van der Waals surface area (Å²) in [4.78, 5) is 11.8. The maximum atomic E-state index is 13.0. The molecule has 0 aliphatic carbocycles. The zero-order valence-corrected chi connectivity index (χ0v) is 14.2. The number of carbonyl (C=O) groups is 1. The molecule has 2 atom stereocenters. The monoisotopic (exact) mass is 349 g/mol. The summed E-state index contributed by atoms with van der Waals surface area (Å²) in [5.74, 6) is -1.34. The zero-order chi connectivity index (χ0) is 17.6. The van der Waals surface area contributed by atoms with Crippen LogP contribution in [0, 0.1) is 5.82 Å². The van der Waals surface area contributed by atoms with Crippen LogP contribution < -0.4 is 0 Å². The lowest BCUT2D eigenvalue weighted by atomic mass is 10.2. The molecule has 9 heteroatoms. The van der Waals surface area contributed by atoms with E-state index >= 15 is 0 Å². The van der Waals surface area contributed by atoms with E-state index in [1.807, 2.05) is 0 Å². The maximum Gasteiger partial charge on any atom is 0.326 e. The van der Waals surface area contributed by atoms with E-state index in [2.05, 4.69) is 4.74 Å². The van der Waals surface area contributed by atoms with Gasteiger partial charge in [0, 0.05) is 14.2 Å². The number of likely N-dealkylation sites (N-methyl/N-ethyl adjacent to an activating group) is 1. The van der Waals surface area contributed by atoms with E-state index in [1.165, 1.54) is 21.1 Å². The van der Waals surface area contributed by atoms with Crippen molar-refractivity contribution in [1.82, 2.24) is 4.31 Å². The number of halogens is 1. The Morgan fingerprint density at radius 3 is 2.30 bits per heavy atom. The van der Waals surface area contributed by atoms with Crippen molar-refractivity contribution >= 4 is 16.0 Å². The molecule has 0 aliphatic heterocycles. The molecule has 130 valence electrons. The topological polar surface area (TPSA) is 82.1 Å². The van der Waals surface area contributed by atoms with Gasteiger partial charge in [0.25, 0.3) is 0 Å². The summed E-state index contributed by atoms with van der Waals surface area (Å²) >= 11 is 0. The molecule has 1 rings (SSSR count). The van der Waals surface area contributed by atoms with E-state index < -0.39 is 34.0 Å². The van der Waals surface area contributed by atoms with Gasteiger partial charge < -0.3 is 14.2 Å². The molecule has 0 radical (unpaired) electrons. The highest BCUT2D eigenvalue weighted by Gasteiger charge is 2.38. The number of methoxy groups -OCH3 is 2. The zero-order valence-electron chi connectivity index (χ0n) is 13.4. The van der Waals surface area contributed by atoms with Crippen LogP contribution in [0.15, 0.2) is 29.2 Å². The van der Waals surface area contributed by atoms with Gasteiger partial charge in [-0.15, -0.1) is 0 Å². The number of esters is 1. The Morgan fingerprint density at radius 2 is 1.83 bits per heavy atom. The predicted molar refractivity (Wildman–Crippen MR) is 79.6 cm³/mol. The van der Waals surface area contributed by atoms with Crippen LogP contribution >= 0.6 is 0 Å². The van der Waals surface area contributed by atoms with Crippen molar-refractivity contribution in [1.29, 1.82) is 0 Å². The first-order valence-corrected chi connectivity index (χ1v) is 8.11. The lowest BCUT2D eigenvalue weighted by molar-refractivity contribution is -0.153. The first-order valence-electron chi connectivity index (χ1n) is 6.67. The molecule has 0 spiro atoms. The van der Waals surface area contributed by atoms with Crippen LogP contribution in [0.5, 0.6) is 0 Å². The van der Waals surface area contributed by atoms with E-state index in [0.717, 1.165) is 35.7 Å². The fraction of sp³-hybridized carbons (Fsp3) is 0.500. The third kappa shape index (κ3) is 4.71. The van der Waals surface area contributed by atoms with Crippen molar-refractivity contribution in [3.63, 3.8) is 0 Å². The van der Waals surface area contributed by atoms with Gasteiger partial charge in [0.2, 0.25) is 10.0 Å². The van der Waals surface area contributed by atoms with Crippen molar-refractivity contribution in [2.24, 2.45) is 0 Å². The first-order chi connectivity index (χ1) is 10.8. The highest BCUT2D eigenvalue weighted by atomic mass is 32.2. The van der Waals surface area contributed by atoms with Gasteiger partial charge in [0.05, 0.1) is 18.1 Å². The molecule has 1 unspecified atom stereocenters. The largest absolute Gasteiger partial charge is 0.468 e. The van der Waals surface area contributed by atoms with E-state index in [-0.39, 0.29) is 11.7 Å². The summed E-state index contributed by atoms with van der Waals surface area (Å²) in [6.45, 7) is 1.41. The second-order valence-corrected chi connectivity index (χ2v) is 6.72. The molecule has 0 heterocycles. The van der Waals surface area contributed by atoms with Gasteiger partial charge in [0.15, 0.2) is 0 Å². The third-order valence-electron chi connectivity index (χ3n) is 3.22. The van der Waals surface area contributed by atoms with Crippen LogP contribution in [0.4, 0.5) is 4.39 Å². The minimum atomic E-state index is -4.04. The maximum absolute atomic E-state index is 13.0. The lowest BCUT2D eigenvalue weighted by Crippen LogP contribution is -2.50. The molecule has 0 fully saturated rings. The summed E-state index contributed by atoms with van der Waals surface area (Å²) < 4.78 is 53.7. The van der Waals surface area contributed by atoms with E-state index in [4.69, 9.17) is 9.47 Å². The van der Waals surface area contributed by atoms with Crippen LogP contribution in [0.1, 0.15) is 6.92 Å². The lowest BCUT2D eigenvalue weighted by Gasteiger charge is -2.29. The Hall–Kier alpha value is -1.55. The fourth-order valence-electron chi connectivity index (χ4n) is 1.95. The minimum Gasteiger partial charge on any atom is -0.468 e. The number of sulfonamides is 1. The van der Waals surface area contributed by atoms with Crippen molar-refractivity contribution in [3.8, 4) is 0 Å². The van der Waals surface area contributed by atoms with Gasteiger partial charge in [-0.2, -0.15) is 4.31 Å². The Bertz CT molecular complexity index is 619. The Morgan fingerprint density at radius 1 is 1.26 bits per heavy atom. The molecule has 0 N–H and O–H groups in total. The average molecular weight is 349 g/mol. The molecule has 7 nitrogen and oxygen atoms in total. The average Bonchev–Trinajstić information content (AvgIpc) is 2.53. The van der Waals surface area contributed by atoms with Gasteiger partial charge in [0.1, 0.15) is 18.7 Å². The Labute approximate surface area is 135 Å². The number of hydrogen-bond acceptors (Lipinski definition) is 6. The molecule has 0 saturated heterocycles. The van der Waals surface area contributed by atoms with Crippen LogP contribution in [0.3, 0.4) is 0 Å². The minimum absolute atomic E-state index is 0.112. The molecule has 1 aromatic rings. The molecule has 23 heavy (non-hydrogen) atoms. The number of nitrogens with zero attached hydrogens (tertiary/aromatic N) is 1. The molecule has 1 aromatic carbocycles. The molecule has 0 aromatic heterocycles. The smallest absolute Gasteiger partial charge is 0.326 e. The highest BCUT2D eigenvalue weighted by molar-refractivity contribution is 7.89. The molecular formula is C14H20FNO6S. The fourth-order valence-corrected chi connectivity index (χ4v) is 3.31.